The molecule has 0 aliphatic heterocycles. The summed E-state index contributed by atoms with van der Waals surface area (Å²) in [7, 11) is 1.53. The van der Waals surface area contributed by atoms with Crippen LogP contribution in [-0.2, 0) is 16.0 Å². The summed E-state index contributed by atoms with van der Waals surface area (Å²) < 4.78 is 4.75. The van der Waals surface area contributed by atoms with Crippen LogP contribution in [0.25, 0.3) is 0 Å². The number of rotatable bonds is 5. The molecule has 0 aromatic carbocycles. The standard InChI is InChI=1S/C11H15NO2/c1-9-4-3-5-10(12-9)6-7-11(13)8-14-2/h3-5H,6-8H2,1-2H3. The Balaban J connectivity index is 2.41. The lowest BCUT2D eigenvalue weighted by Gasteiger charge is -2.01. The van der Waals surface area contributed by atoms with E-state index in [2.05, 4.69) is 4.98 Å². The van der Waals surface area contributed by atoms with Gasteiger partial charge in [0.15, 0.2) is 5.78 Å². The van der Waals surface area contributed by atoms with E-state index in [4.69, 9.17) is 4.74 Å². The summed E-state index contributed by atoms with van der Waals surface area (Å²) >= 11 is 0. The molecule has 0 amide bonds. The van der Waals surface area contributed by atoms with Crippen LogP contribution in [0.5, 0.6) is 0 Å². The van der Waals surface area contributed by atoms with Gasteiger partial charge in [0.1, 0.15) is 6.61 Å². The Hall–Kier alpha value is -1.22. The topological polar surface area (TPSA) is 39.2 Å². The average Bonchev–Trinajstić information content (AvgIpc) is 2.15. The fourth-order valence-corrected chi connectivity index (χ4v) is 1.24. The van der Waals surface area contributed by atoms with Crippen LogP contribution in [0.15, 0.2) is 18.2 Å². The quantitative estimate of drug-likeness (QED) is 0.712. The van der Waals surface area contributed by atoms with Crippen molar-refractivity contribution in [3.05, 3.63) is 29.6 Å². The van der Waals surface area contributed by atoms with Crippen LogP contribution >= 0.6 is 0 Å². The van der Waals surface area contributed by atoms with E-state index in [1.54, 1.807) is 0 Å². The summed E-state index contributed by atoms with van der Waals surface area (Å²) in [5.74, 6) is 0.121. The molecule has 1 aromatic heterocycles. The van der Waals surface area contributed by atoms with E-state index in [-0.39, 0.29) is 12.4 Å². The average molecular weight is 193 g/mol. The van der Waals surface area contributed by atoms with Crippen molar-refractivity contribution in [2.75, 3.05) is 13.7 Å². The molecule has 0 unspecified atom stereocenters. The molecule has 0 atom stereocenters. The number of nitrogens with zero attached hydrogens (tertiary/aromatic N) is 1. The molecule has 0 radical (unpaired) electrons. The van der Waals surface area contributed by atoms with E-state index < -0.39 is 0 Å². The number of hydrogen-bond acceptors (Lipinski definition) is 3. The van der Waals surface area contributed by atoms with Crippen molar-refractivity contribution in [2.45, 2.75) is 19.8 Å². The Morgan fingerprint density at radius 2 is 2.29 bits per heavy atom. The van der Waals surface area contributed by atoms with Gasteiger partial charge in [0.25, 0.3) is 0 Å². The van der Waals surface area contributed by atoms with Crippen LogP contribution in [0.3, 0.4) is 0 Å². The van der Waals surface area contributed by atoms with Crippen molar-refractivity contribution in [3.63, 3.8) is 0 Å². The molecule has 0 aliphatic rings. The lowest BCUT2D eigenvalue weighted by atomic mass is 10.1. The minimum absolute atomic E-state index is 0.121. The molecule has 1 rings (SSSR count). The number of Topliss-reactive ketones (excluding diaryl/α,β-unsaturated/α-hetero) is 1. The van der Waals surface area contributed by atoms with Gasteiger partial charge >= 0.3 is 0 Å². The molecule has 0 saturated heterocycles. The van der Waals surface area contributed by atoms with Gasteiger partial charge in [-0.3, -0.25) is 9.78 Å². The smallest absolute Gasteiger partial charge is 0.158 e. The van der Waals surface area contributed by atoms with Gasteiger partial charge in [0.2, 0.25) is 0 Å². The fraction of sp³-hybridized carbons (Fsp3) is 0.455. The Morgan fingerprint density at radius 3 is 2.93 bits per heavy atom. The SMILES string of the molecule is COCC(=O)CCc1cccc(C)n1. The molecule has 3 heteroatoms. The highest BCUT2D eigenvalue weighted by Gasteiger charge is 2.02. The van der Waals surface area contributed by atoms with Crippen LogP contribution in [0.2, 0.25) is 0 Å². The number of pyridine rings is 1. The third-order valence-corrected chi connectivity index (χ3v) is 1.91. The maximum Gasteiger partial charge on any atom is 0.158 e. The van der Waals surface area contributed by atoms with Crippen LogP contribution in [0.4, 0.5) is 0 Å². The number of aromatic nitrogens is 1. The molecule has 0 fully saturated rings. The van der Waals surface area contributed by atoms with E-state index in [0.29, 0.717) is 12.8 Å². The number of ether oxygens (including phenoxy) is 1. The Labute approximate surface area is 84.1 Å². The third-order valence-electron chi connectivity index (χ3n) is 1.91. The third kappa shape index (κ3) is 3.66. The first-order valence-corrected chi connectivity index (χ1v) is 4.65. The van der Waals surface area contributed by atoms with Gasteiger partial charge in [-0.15, -0.1) is 0 Å². The maximum absolute atomic E-state index is 11.1. The normalized spacial score (nSPS) is 10.1. The Kier molecular flexibility index (Phi) is 4.26. The summed E-state index contributed by atoms with van der Waals surface area (Å²) in [5, 5.41) is 0. The van der Waals surface area contributed by atoms with Gasteiger partial charge in [-0.25, -0.2) is 0 Å². The molecule has 0 aliphatic carbocycles. The predicted octanol–water partition coefficient (Wildman–Crippen LogP) is 1.54. The summed E-state index contributed by atoms with van der Waals surface area (Å²) in [6.45, 7) is 2.15. The van der Waals surface area contributed by atoms with Crippen molar-refractivity contribution in [1.82, 2.24) is 4.98 Å². The van der Waals surface area contributed by atoms with Crippen molar-refractivity contribution in [3.8, 4) is 0 Å². The van der Waals surface area contributed by atoms with Crippen molar-refractivity contribution >= 4 is 5.78 Å². The summed E-state index contributed by atoms with van der Waals surface area (Å²) in [4.78, 5) is 15.5. The summed E-state index contributed by atoms with van der Waals surface area (Å²) in [5.41, 5.74) is 1.95. The fourth-order valence-electron chi connectivity index (χ4n) is 1.24. The number of hydrogen-bond donors (Lipinski definition) is 0. The molecular formula is C11H15NO2. The second kappa shape index (κ2) is 5.50. The lowest BCUT2D eigenvalue weighted by Crippen LogP contribution is -2.08. The first-order chi connectivity index (χ1) is 6.72. The van der Waals surface area contributed by atoms with Crippen LogP contribution < -0.4 is 0 Å². The van der Waals surface area contributed by atoms with E-state index >= 15 is 0 Å². The van der Waals surface area contributed by atoms with Gasteiger partial charge in [-0.05, 0) is 25.5 Å². The van der Waals surface area contributed by atoms with Gasteiger partial charge in [0.05, 0.1) is 0 Å². The summed E-state index contributed by atoms with van der Waals surface area (Å²) in [6, 6.07) is 5.84. The monoisotopic (exact) mass is 193 g/mol. The zero-order valence-corrected chi connectivity index (χ0v) is 8.62. The molecular weight excluding hydrogens is 178 g/mol. The zero-order valence-electron chi connectivity index (χ0n) is 8.62. The Bertz CT molecular complexity index is 310. The summed E-state index contributed by atoms with van der Waals surface area (Å²) in [6.07, 6.45) is 1.20. The second-order valence-electron chi connectivity index (χ2n) is 3.24. The molecule has 0 bridgehead atoms. The molecule has 14 heavy (non-hydrogen) atoms. The molecule has 0 N–H and O–H groups in total. The van der Waals surface area contributed by atoms with Crippen molar-refractivity contribution in [1.29, 1.82) is 0 Å². The van der Waals surface area contributed by atoms with E-state index in [1.807, 2.05) is 25.1 Å². The highest BCUT2D eigenvalue weighted by Crippen LogP contribution is 2.01. The van der Waals surface area contributed by atoms with Crippen LogP contribution in [0.1, 0.15) is 17.8 Å². The molecule has 0 saturated carbocycles. The number of aryl methyl sites for hydroxylation is 2. The first kappa shape index (κ1) is 10.9. The maximum atomic E-state index is 11.1. The second-order valence-corrected chi connectivity index (χ2v) is 3.24. The number of methoxy groups -OCH3 is 1. The van der Waals surface area contributed by atoms with E-state index in [0.717, 1.165) is 11.4 Å². The van der Waals surface area contributed by atoms with Gasteiger partial charge < -0.3 is 4.74 Å². The van der Waals surface area contributed by atoms with Crippen molar-refractivity contribution in [2.24, 2.45) is 0 Å². The molecule has 1 aromatic rings. The van der Waals surface area contributed by atoms with Crippen LogP contribution in [-0.4, -0.2) is 24.5 Å². The minimum atomic E-state index is 0.121. The number of carbonyl (C=O) groups excluding carboxylic acids is 1. The highest BCUT2D eigenvalue weighted by molar-refractivity contribution is 5.79. The van der Waals surface area contributed by atoms with Crippen molar-refractivity contribution < 1.29 is 9.53 Å². The molecule has 76 valence electrons. The van der Waals surface area contributed by atoms with E-state index in [1.165, 1.54) is 7.11 Å². The predicted molar refractivity (Wildman–Crippen MR) is 54.2 cm³/mol. The Morgan fingerprint density at radius 1 is 1.50 bits per heavy atom. The zero-order chi connectivity index (χ0) is 10.4. The van der Waals surface area contributed by atoms with Gasteiger partial charge in [0, 0.05) is 24.9 Å². The largest absolute Gasteiger partial charge is 0.377 e. The molecule has 1 heterocycles. The number of ketones is 1. The van der Waals surface area contributed by atoms with E-state index in [9.17, 15) is 4.79 Å². The highest BCUT2D eigenvalue weighted by atomic mass is 16.5. The minimum Gasteiger partial charge on any atom is -0.377 e. The van der Waals surface area contributed by atoms with Crippen LogP contribution in [0, 0.1) is 6.92 Å². The first-order valence-electron chi connectivity index (χ1n) is 4.65. The number of carbonyl (C=O) groups is 1. The van der Waals surface area contributed by atoms with Gasteiger partial charge in [-0.1, -0.05) is 6.07 Å². The van der Waals surface area contributed by atoms with Gasteiger partial charge in [-0.2, -0.15) is 0 Å². The molecule has 3 nitrogen and oxygen atoms in total. The lowest BCUT2D eigenvalue weighted by molar-refractivity contribution is -0.122. The molecule has 0 spiro atoms.